The van der Waals surface area contributed by atoms with E-state index in [9.17, 15) is 14.4 Å². The number of amides is 3. The summed E-state index contributed by atoms with van der Waals surface area (Å²) in [7, 11) is 0. The van der Waals surface area contributed by atoms with E-state index >= 15 is 0 Å². The molecule has 3 aromatic carbocycles. The Morgan fingerprint density at radius 3 is 2.43 bits per heavy atom. The predicted octanol–water partition coefficient (Wildman–Crippen LogP) is 6.06. The Hall–Kier alpha value is -4.10. The van der Waals surface area contributed by atoms with Crippen molar-refractivity contribution in [3.63, 3.8) is 0 Å². The molecule has 1 N–H and O–H groups in total. The van der Waals surface area contributed by atoms with Crippen molar-refractivity contribution in [2.24, 2.45) is 0 Å². The van der Waals surface area contributed by atoms with Crippen LogP contribution in [0.25, 0.3) is 17.0 Å². The Balaban J connectivity index is 1.36. The smallest absolute Gasteiger partial charge is 0.293 e. The van der Waals surface area contributed by atoms with Crippen LogP contribution in [-0.4, -0.2) is 26.5 Å². The van der Waals surface area contributed by atoms with Crippen molar-refractivity contribution < 1.29 is 14.4 Å². The van der Waals surface area contributed by atoms with Crippen LogP contribution in [0.1, 0.15) is 35.2 Å². The molecule has 1 aromatic heterocycles. The fourth-order valence-electron chi connectivity index (χ4n) is 4.44. The number of thioether (sulfide) groups is 1. The van der Waals surface area contributed by atoms with E-state index in [4.69, 9.17) is 0 Å². The fraction of sp³-hybridized carbons (Fsp3) is 0.167. The summed E-state index contributed by atoms with van der Waals surface area (Å²) < 4.78 is 1.88. The zero-order valence-electron chi connectivity index (χ0n) is 20.7. The van der Waals surface area contributed by atoms with E-state index < -0.39 is 0 Å². The summed E-state index contributed by atoms with van der Waals surface area (Å²) >= 11 is 0.947. The molecular formula is C30H27N3O3S. The molecule has 7 heteroatoms. The topological polar surface area (TPSA) is 71.4 Å². The minimum absolute atomic E-state index is 0.109. The van der Waals surface area contributed by atoms with Gasteiger partial charge in [-0.2, -0.15) is 0 Å². The minimum atomic E-state index is -0.304. The number of imide groups is 1. The van der Waals surface area contributed by atoms with Crippen LogP contribution in [0.2, 0.25) is 0 Å². The highest BCUT2D eigenvalue weighted by atomic mass is 32.2. The number of carbonyl (C=O) groups excluding carboxylic acids is 3. The van der Waals surface area contributed by atoms with Crippen molar-refractivity contribution in [1.82, 2.24) is 14.8 Å². The molecule has 1 aliphatic heterocycles. The van der Waals surface area contributed by atoms with E-state index in [0.717, 1.165) is 44.9 Å². The van der Waals surface area contributed by atoms with Gasteiger partial charge in [-0.3, -0.25) is 19.3 Å². The lowest BCUT2D eigenvalue weighted by molar-refractivity contribution is -0.123. The normalized spacial score (nSPS) is 15.5. The van der Waals surface area contributed by atoms with Crippen molar-refractivity contribution in [2.45, 2.75) is 33.0 Å². The molecule has 37 heavy (non-hydrogen) atoms. The number of rotatable bonds is 7. The number of aromatic nitrogens is 1. The number of hydrogen-bond acceptors (Lipinski definition) is 4. The lowest BCUT2D eigenvalue weighted by atomic mass is 10.1. The predicted molar refractivity (Wildman–Crippen MR) is 148 cm³/mol. The molecule has 186 valence electrons. The fourth-order valence-corrected chi connectivity index (χ4v) is 5.27. The summed E-state index contributed by atoms with van der Waals surface area (Å²) in [6.45, 7) is 4.33. The van der Waals surface area contributed by atoms with Crippen LogP contribution in [0.4, 0.5) is 4.79 Å². The highest BCUT2D eigenvalue weighted by Crippen LogP contribution is 2.35. The summed E-state index contributed by atoms with van der Waals surface area (Å²) in [4.78, 5) is 40.3. The summed E-state index contributed by atoms with van der Waals surface area (Å²) in [5.41, 5.74) is 4.74. The molecule has 4 aromatic rings. The highest BCUT2D eigenvalue weighted by molar-refractivity contribution is 8.18. The maximum atomic E-state index is 13.1. The molecule has 0 radical (unpaired) electrons. The maximum absolute atomic E-state index is 13.1. The Bertz CT molecular complexity index is 1510. The average molecular weight is 510 g/mol. The standard InChI is InChI=1S/C30H27N3O3S/c1-20-12-14-22(15-13-20)17-33-29(35)27(37-30(33)36)16-24-18-32(26-11-7-6-10-25(24)26)19-28(34)31-21(2)23-8-4-3-5-9-23/h3-16,18,21H,17,19H2,1-2H3,(H,31,34)/b27-16-. The molecule has 1 unspecified atom stereocenters. The molecule has 3 amide bonds. The second-order valence-corrected chi connectivity index (χ2v) is 10.2. The first-order valence-corrected chi connectivity index (χ1v) is 12.9. The minimum Gasteiger partial charge on any atom is -0.348 e. The van der Waals surface area contributed by atoms with Gasteiger partial charge >= 0.3 is 0 Å². The molecule has 6 nitrogen and oxygen atoms in total. The van der Waals surface area contributed by atoms with Crippen molar-refractivity contribution in [3.05, 3.63) is 112 Å². The molecule has 1 saturated heterocycles. The SMILES string of the molecule is Cc1ccc(CN2C(=O)S/C(=C\c3cn(CC(=O)NC(C)c4ccccc4)c4ccccc34)C2=O)cc1. The third-order valence-corrected chi connectivity index (χ3v) is 7.34. The van der Waals surface area contributed by atoms with E-state index in [1.165, 1.54) is 4.90 Å². The monoisotopic (exact) mass is 509 g/mol. The number of benzene rings is 3. The Kier molecular flexibility index (Phi) is 6.97. The zero-order chi connectivity index (χ0) is 25.9. The molecule has 1 fully saturated rings. The number of nitrogens with zero attached hydrogens (tertiary/aromatic N) is 2. The van der Waals surface area contributed by atoms with Crippen LogP contribution >= 0.6 is 11.8 Å². The van der Waals surface area contributed by atoms with Gasteiger partial charge in [0, 0.05) is 22.7 Å². The number of carbonyl (C=O) groups is 3. The maximum Gasteiger partial charge on any atom is 0.293 e. The van der Waals surface area contributed by atoms with Gasteiger partial charge in [0.1, 0.15) is 6.54 Å². The van der Waals surface area contributed by atoms with Gasteiger partial charge < -0.3 is 9.88 Å². The van der Waals surface area contributed by atoms with Crippen molar-refractivity contribution >= 4 is 45.8 Å². The third kappa shape index (κ3) is 5.37. The molecule has 0 bridgehead atoms. The Labute approximate surface area is 220 Å². The van der Waals surface area contributed by atoms with E-state index in [0.29, 0.717) is 4.91 Å². The summed E-state index contributed by atoms with van der Waals surface area (Å²) in [6, 6.07) is 25.2. The molecule has 1 aliphatic rings. The van der Waals surface area contributed by atoms with Gasteiger partial charge in [0.2, 0.25) is 5.91 Å². The molecule has 1 atom stereocenters. The van der Waals surface area contributed by atoms with Crippen LogP contribution in [0.3, 0.4) is 0 Å². The molecule has 0 spiro atoms. The van der Waals surface area contributed by atoms with Gasteiger partial charge in [0.25, 0.3) is 11.1 Å². The highest BCUT2D eigenvalue weighted by Gasteiger charge is 2.35. The summed E-state index contributed by atoms with van der Waals surface area (Å²) in [6.07, 6.45) is 3.62. The average Bonchev–Trinajstić information content (AvgIpc) is 3.37. The van der Waals surface area contributed by atoms with Crippen molar-refractivity contribution in [3.8, 4) is 0 Å². The van der Waals surface area contributed by atoms with E-state index in [1.807, 2.05) is 103 Å². The molecule has 5 rings (SSSR count). The number of para-hydroxylation sites is 1. The van der Waals surface area contributed by atoms with Crippen LogP contribution in [0.5, 0.6) is 0 Å². The number of hydrogen-bond donors (Lipinski definition) is 1. The largest absolute Gasteiger partial charge is 0.348 e. The van der Waals surface area contributed by atoms with Gasteiger partial charge in [-0.25, -0.2) is 0 Å². The van der Waals surface area contributed by atoms with Gasteiger partial charge in [0.05, 0.1) is 17.5 Å². The van der Waals surface area contributed by atoms with Crippen LogP contribution in [0.15, 0.2) is 90.0 Å². The molecular weight excluding hydrogens is 482 g/mol. The molecule has 0 saturated carbocycles. The van der Waals surface area contributed by atoms with E-state index in [1.54, 1.807) is 6.08 Å². The number of aryl methyl sites for hydroxylation is 1. The van der Waals surface area contributed by atoms with Gasteiger partial charge in [0.15, 0.2) is 0 Å². The number of nitrogens with one attached hydrogen (secondary N) is 1. The van der Waals surface area contributed by atoms with Gasteiger partial charge in [-0.05, 0) is 48.9 Å². The lowest BCUT2D eigenvalue weighted by Gasteiger charge is -2.15. The zero-order valence-corrected chi connectivity index (χ0v) is 21.5. The lowest BCUT2D eigenvalue weighted by Crippen LogP contribution is -2.29. The quantitative estimate of drug-likeness (QED) is 0.307. The number of fused-ring (bicyclic) bond motifs is 1. The second-order valence-electron chi connectivity index (χ2n) is 9.18. The van der Waals surface area contributed by atoms with Crippen molar-refractivity contribution in [1.29, 1.82) is 0 Å². The van der Waals surface area contributed by atoms with Gasteiger partial charge in [-0.15, -0.1) is 0 Å². The van der Waals surface area contributed by atoms with E-state index in [2.05, 4.69) is 5.32 Å². The van der Waals surface area contributed by atoms with Crippen LogP contribution < -0.4 is 5.32 Å². The van der Waals surface area contributed by atoms with E-state index in [-0.39, 0.29) is 36.2 Å². The van der Waals surface area contributed by atoms with Gasteiger partial charge in [-0.1, -0.05) is 78.4 Å². The third-order valence-electron chi connectivity index (χ3n) is 6.43. The second kappa shape index (κ2) is 10.5. The first kappa shape index (κ1) is 24.6. The molecule has 2 heterocycles. The first-order valence-electron chi connectivity index (χ1n) is 12.1. The Morgan fingerprint density at radius 2 is 1.68 bits per heavy atom. The summed E-state index contributed by atoms with van der Waals surface area (Å²) in [5, 5.41) is 3.68. The van der Waals surface area contributed by atoms with Crippen molar-refractivity contribution in [2.75, 3.05) is 0 Å². The first-order chi connectivity index (χ1) is 17.9. The molecule has 0 aliphatic carbocycles. The van der Waals surface area contributed by atoms with Crippen LogP contribution in [0, 0.1) is 6.92 Å². The summed E-state index contributed by atoms with van der Waals surface area (Å²) in [5.74, 6) is -0.413. The Morgan fingerprint density at radius 1 is 0.973 bits per heavy atom. The van der Waals surface area contributed by atoms with Crippen LogP contribution in [-0.2, 0) is 22.7 Å².